The van der Waals surface area contributed by atoms with E-state index in [-0.39, 0.29) is 12.4 Å². The highest BCUT2D eigenvalue weighted by Gasteiger charge is 2.44. The van der Waals surface area contributed by atoms with Crippen molar-refractivity contribution in [3.05, 3.63) is 34.1 Å². The number of ether oxygens (including phenoxy) is 1. The summed E-state index contributed by atoms with van der Waals surface area (Å²) >= 11 is 5.53. The van der Waals surface area contributed by atoms with Crippen LogP contribution in [0.4, 0.5) is 17.6 Å². The van der Waals surface area contributed by atoms with Gasteiger partial charge in [0, 0.05) is 11.6 Å². The number of carbonyl (C=O) groups excluding carboxylic acids is 1. The quantitative estimate of drug-likeness (QED) is 0.649. The number of benzene rings is 1. The van der Waals surface area contributed by atoms with Crippen LogP contribution < -0.4 is 5.73 Å². The van der Waals surface area contributed by atoms with Gasteiger partial charge < -0.3 is 10.5 Å². The van der Waals surface area contributed by atoms with E-state index >= 15 is 0 Å². The fourth-order valence-corrected chi connectivity index (χ4v) is 2.03. The maximum Gasteiger partial charge on any atom is 0.416 e. The molecule has 2 N–H and O–H groups in total. The number of rotatable bonds is 3. The highest BCUT2D eigenvalue weighted by Crippen LogP contribution is 2.42. The van der Waals surface area contributed by atoms with Crippen molar-refractivity contribution >= 4 is 30.0 Å². The van der Waals surface area contributed by atoms with Gasteiger partial charge in [-0.3, -0.25) is 4.79 Å². The normalized spacial score (nSPS) is 13.3. The van der Waals surface area contributed by atoms with Crippen molar-refractivity contribution in [2.24, 2.45) is 11.1 Å². The van der Waals surface area contributed by atoms with Crippen LogP contribution in [0.5, 0.6) is 0 Å². The van der Waals surface area contributed by atoms with Gasteiger partial charge in [0.2, 0.25) is 0 Å². The van der Waals surface area contributed by atoms with E-state index in [9.17, 15) is 22.4 Å². The van der Waals surface area contributed by atoms with Gasteiger partial charge in [-0.15, -0.1) is 12.4 Å². The lowest BCUT2D eigenvalue weighted by atomic mass is 9.79. The zero-order valence-electron chi connectivity index (χ0n) is 11.9. The second-order valence-corrected chi connectivity index (χ2v) is 5.42. The van der Waals surface area contributed by atoms with E-state index in [1.807, 2.05) is 0 Å². The minimum atomic E-state index is -4.83. The summed E-state index contributed by atoms with van der Waals surface area (Å²) in [6.45, 7) is 2.54. The Morgan fingerprint density at radius 1 is 1.32 bits per heavy atom. The van der Waals surface area contributed by atoms with E-state index in [1.165, 1.54) is 13.8 Å². The van der Waals surface area contributed by atoms with E-state index in [0.717, 1.165) is 13.2 Å². The van der Waals surface area contributed by atoms with Crippen LogP contribution in [0.2, 0.25) is 5.02 Å². The molecule has 1 atom stereocenters. The van der Waals surface area contributed by atoms with Crippen LogP contribution >= 0.6 is 24.0 Å². The molecule has 0 aliphatic rings. The molecule has 0 fully saturated rings. The lowest BCUT2D eigenvalue weighted by Gasteiger charge is -2.31. The number of nitrogens with two attached hydrogens (primary N) is 1. The third kappa shape index (κ3) is 3.83. The molecular formula is C13H15Cl2F4NO2. The molecule has 0 radical (unpaired) electrons. The van der Waals surface area contributed by atoms with Crippen molar-refractivity contribution in [3.8, 4) is 0 Å². The largest absolute Gasteiger partial charge is 0.469 e. The van der Waals surface area contributed by atoms with Crippen molar-refractivity contribution in [3.63, 3.8) is 0 Å². The Kier molecular flexibility index (Phi) is 6.68. The zero-order chi connectivity index (χ0) is 16.6. The Hall–Kier alpha value is -1.05. The molecule has 1 aromatic rings. The van der Waals surface area contributed by atoms with E-state index < -0.39 is 45.6 Å². The molecular weight excluding hydrogens is 349 g/mol. The first kappa shape index (κ1) is 20.9. The van der Waals surface area contributed by atoms with Crippen molar-refractivity contribution in [1.29, 1.82) is 0 Å². The summed E-state index contributed by atoms with van der Waals surface area (Å²) in [4.78, 5) is 11.7. The van der Waals surface area contributed by atoms with Gasteiger partial charge in [-0.1, -0.05) is 11.6 Å². The number of methoxy groups -OCH3 is 1. The maximum absolute atomic E-state index is 14.1. The fraction of sp³-hybridized carbons (Fsp3) is 0.462. The fourth-order valence-electron chi connectivity index (χ4n) is 1.87. The lowest BCUT2D eigenvalue weighted by Crippen LogP contribution is -2.39. The minimum absolute atomic E-state index is 0. The third-order valence-corrected chi connectivity index (χ3v) is 3.53. The van der Waals surface area contributed by atoms with Crippen LogP contribution in [0, 0.1) is 11.2 Å². The Labute approximate surface area is 136 Å². The molecule has 3 nitrogen and oxygen atoms in total. The Morgan fingerprint density at radius 2 is 1.82 bits per heavy atom. The molecule has 0 saturated carbocycles. The summed E-state index contributed by atoms with van der Waals surface area (Å²) in [5.41, 5.74) is 2.02. The highest BCUT2D eigenvalue weighted by atomic mass is 35.5. The number of halogens is 6. The summed E-state index contributed by atoms with van der Waals surface area (Å²) in [5, 5.41) is -0.505. The molecule has 9 heteroatoms. The molecule has 0 saturated heterocycles. The van der Waals surface area contributed by atoms with Gasteiger partial charge >= 0.3 is 12.1 Å². The van der Waals surface area contributed by atoms with Crippen LogP contribution in [0.3, 0.4) is 0 Å². The highest BCUT2D eigenvalue weighted by molar-refractivity contribution is 6.30. The summed E-state index contributed by atoms with van der Waals surface area (Å²) in [6, 6.07) is -0.157. The van der Waals surface area contributed by atoms with Gasteiger partial charge in [-0.05, 0) is 26.0 Å². The lowest BCUT2D eigenvalue weighted by molar-refractivity contribution is -0.153. The van der Waals surface area contributed by atoms with Crippen LogP contribution in [0.15, 0.2) is 12.1 Å². The van der Waals surface area contributed by atoms with E-state index in [1.54, 1.807) is 0 Å². The van der Waals surface area contributed by atoms with E-state index in [2.05, 4.69) is 4.74 Å². The topological polar surface area (TPSA) is 52.3 Å². The summed E-state index contributed by atoms with van der Waals surface area (Å²) in [7, 11) is 1.07. The van der Waals surface area contributed by atoms with Crippen LogP contribution in [-0.4, -0.2) is 13.1 Å². The second kappa shape index (κ2) is 7.02. The number of esters is 1. The Morgan fingerprint density at radius 3 is 2.23 bits per heavy atom. The molecule has 1 rings (SSSR count). The predicted octanol–water partition coefficient (Wildman–Crippen LogP) is 4.12. The molecule has 0 unspecified atom stereocenters. The molecule has 0 aliphatic heterocycles. The second-order valence-electron chi connectivity index (χ2n) is 5.01. The van der Waals surface area contributed by atoms with Gasteiger partial charge in [-0.25, -0.2) is 4.39 Å². The van der Waals surface area contributed by atoms with E-state index in [4.69, 9.17) is 17.3 Å². The van der Waals surface area contributed by atoms with Gasteiger partial charge in [0.25, 0.3) is 0 Å². The standard InChI is InChI=1S/C13H14ClF4NO2.ClH/c1-12(2,11(20)21-3)10(19)8-6(13(16,17)18)4-5-7(14)9(8)15;/h4-5,10H,19H2,1-3H3;1H/t10-;/m0./s1. The summed E-state index contributed by atoms with van der Waals surface area (Å²) < 4.78 is 57.6. The van der Waals surface area contributed by atoms with Crippen molar-refractivity contribution in [2.75, 3.05) is 7.11 Å². The Balaban J connectivity index is 0.00000441. The molecule has 0 heterocycles. The monoisotopic (exact) mass is 363 g/mol. The molecule has 0 bridgehead atoms. The van der Waals surface area contributed by atoms with Gasteiger partial charge in [0.15, 0.2) is 0 Å². The smallest absolute Gasteiger partial charge is 0.416 e. The predicted molar refractivity (Wildman–Crippen MR) is 76.4 cm³/mol. The number of carbonyl (C=O) groups is 1. The van der Waals surface area contributed by atoms with Gasteiger partial charge in [0.05, 0.1) is 23.1 Å². The van der Waals surface area contributed by atoms with Crippen LogP contribution in [0.1, 0.15) is 31.0 Å². The first-order chi connectivity index (χ1) is 9.44. The van der Waals surface area contributed by atoms with Crippen LogP contribution in [0.25, 0.3) is 0 Å². The first-order valence-electron chi connectivity index (χ1n) is 5.83. The van der Waals surface area contributed by atoms with Gasteiger partial charge in [0.1, 0.15) is 5.82 Å². The van der Waals surface area contributed by atoms with Crippen molar-refractivity contribution in [2.45, 2.75) is 26.1 Å². The van der Waals surface area contributed by atoms with Crippen molar-refractivity contribution < 1.29 is 27.1 Å². The van der Waals surface area contributed by atoms with Crippen molar-refractivity contribution in [1.82, 2.24) is 0 Å². The third-order valence-electron chi connectivity index (χ3n) is 3.24. The molecule has 1 aromatic carbocycles. The van der Waals surface area contributed by atoms with Crippen LogP contribution in [-0.2, 0) is 15.7 Å². The molecule has 126 valence electrons. The molecule has 22 heavy (non-hydrogen) atoms. The first-order valence-corrected chi connectivity index (χ1v) is 6.21. The van der Waals surface area contributed by atoms with E-state index in [0.29, 0.717) is 6.07 Å². The molecule has 0 amide bonds. The summed E-state index contributed by atoms with van der Waals surface area (Å²) in [6.07, 6.45) is -4.83. The zero-order valence-corrected chi connectivity index (χ0v) is 13.5. The summed E-state index contributed by atoms with van der Waals surface area (Å²) in [5.74, 6) is -2.15. The number of hydrogen-bond acceptors (Lipinski definition) is 3. The molecule has 0 aliphatic carbocycles. The number of hydrogen-bond donors (Lipinski definition) is 1. The average molecular weight is 364 g/mol. The maximum atomic E-state index is 14.1. The number of alkyl halides is 3. The van der Waals surface area contributed by atoms with Gasteiger partial charge in [-0.2, -0.15) is 13.2 Å². The average Bonchev–Trinajstić information content (AvgIpc) is 2.38. The SMILES string of the molecule is COC(=O)C(C)(C)[C@@H](N)c1c(C(F)(F)F)ccc(Cl)c1F.Cl. The molecule has 0 aromatic heterocycles. The molecule has 0 spiro atoms. The minimum Gasteiger partial charge on any atom is -0.469 e. The Bertz CT molecular complexity index is 562.